The van der Waals surface area contributed by atoms with E-state index in [9.17, 15) is 9.18 Å². The lowest BCUT2D eigenvalue weighted by molar-refractivity contribution is 0.0150. The number of hydrogen-bond donors (Lipinski definition) is 1. The summed E-state index contributed by atoms with van der Waals surface area (Å²) in [6.07, 6.45) is 0.524. The minimum atomic E-state index is -0.497. The lowest BCUT2D eigenvalue weighted by Crippen LogP contribution is -2.47. The van der Waals surface area contributed by atoms with Crippen molar-refractivity contribution in [3.05, 3.63) is 35.6 Å². The standard InChI is InChI=1S/C17H25FN2O2/c1-17(2,3)22-16(21)20-9-8-15(13(10-19)11-20)12-4-6-14(18)7-5-12/h4-7,13,15H,8-11,19H2,1-3H3. The van der Waals surface area contributed by atoms with E-state index in [-0.39, 0.29) is 23.7 Å². The summed E-state index contributed by atoms with van der Waals surface area (Å²) in [5, 5.41) is 0. The molecule has 2 N–H and O–H groups in total. The van der Waals surface area contributed by atoms with Gasteiger partial charge in [0.25, 0.3) is 0 Å². The summed E-state index contributed by atoms with van der Waals surface area (Å²) < 4.78 is 18.5. The van der Waals surface area contributed by atoms with E-state index in [4.69, 9.17) is 10.5 Å². The molecule has 2 atom stereocenters. The number of amides is 1. The highest BCUT2D eigenvalue weighted by molar-refractivity contribution is 5.68. The van der Waals surface area contributed by atoms with E-state index in [1.54, 1.807) is 4.90 Å². The molecule has 0 bridgehead atoms. The molecule has 2 rings (SSSR count). The van der Waals surface area contributed by atoms with Crippen molar-refractivity contribution in [2.45, 2.75) is 38.7 Å². The molecule has 0 spiro atoms. The number of nitrogens with zero attached hydrogens (tertiary/aromatic N) is 1. The summed E-state index contributed by atoms with van der Waals surface area (Å²) in [5.41, 5.74) is 6.48. The molecule has 0 aliphatic carbocycles. The lowest BCUT2D eigenvalue weighted by atomic mass is 9.80. The van der Waals surface area contributed by atoms with Crippen LogP contribution in [-0.2, 0) is 4.74 Å². The second-order valence-corrected chi connectivity index (χ2v) is 6.87. The van der Waals surface area contributed by atoms with E-state index in [0.29, 0.717) is 19.6 Å². The van der Waals surface area contributed by atoms with Gasteiger partial charge in [-0.1, -0.05) is 12.1 Å². The fraction of sp³-hybridized carbons (Fsp3) is 0.588. The summed E-state index contributed by atoms with van der Waals surface area (Å²) in [5.74, 6) is 0.176. The molecule has 1 fully saturated rings. The van der Waals surface area contributed by atoms with Crippen molar-refractivity contribution in [3.8, 4) is 0 Å². The van der Waals surface area contributed by atoms with Gasteiger partial charge in [0.05, 0.1) is 0 Å². The molecule has 1 saturated heterocycles. The van der Waals surface area contributed by atoms with Gasteiger partial charge >= 0.3 is 6.09 Å². The predicted octanol–water partition coefficient (Wildman–Crippen LogP) is 3.13. The van der Waals surface area contributed by atoms with Gasteiger partial charge in [0.1, 0.15) is 11.4 Å². The van der Waals surface area contributed by atoms with Gasteiger partial charge in [-0.05, 0) is 63.3 Å². The van der Waals surface area contributed by atoms with Crippen molar-refractivity contribution >= 4 is 6.09 Å². The molecule has 0 saturated carbocycles. The molecule has 1 aromatic rings. The van der Waals surface area contributed by atoms with E-state index >= 15 is 0 Å². The van der Waals surface area contributed by atoms with E-state index in [1.165, 1.54) is 12.1 Å². The summed E-state index contributed by atoms with van der Waals surface area (Å²) >= 11 is 0. The molecule has 1 amide bonds. The number of likely N-dealkylation sites (tertiary alicyclic amines) is 1. The summed E-state index contributed by atoms with van der Waals surface area (Å²) in [7, 11) is 0. The SMILES string of the molecule is CC(C)(C)OC(=O)N1CCC(c2ccc(F)cc2)C(CN)C1. The minimum absolute atomic E-state index is 0.159. The van der Waals surface area contributed by atoms with Crippen molar-refractivity contribution in [2.75, 3.05) is 19.6 Å². The Kier molecular flexibility index (Phi) is 5.06. The first-order valence-electron chi connectivity index (χ1n) is 7.73. The van der Waals surface area contributed by atoms with Gasteiger partial charge in [0.2, 0.25) is 0 Å². The average molecular weight is 308 g/mol. The zero-order chi connectivity index (χ0) is 16.3. The highest BCUT2D eigenvalue weighted by Crippen LogP contribution is 2.33. The second-order valence-electron chi connectivity index (χ2n) is 6.87. The van der Waals surface area contributed by atoms with Crippen LogP contribution in [0.2, 0.25) is 0 Å². The molecule has 1 aliphatic rings. The smallest absolute Gasteiger partial charge is 0.410 e. The molecular formula is C17H25FN2O2. The molecule has 1 aliphatic heterocycles. The quantitative estimate of drug-likeness (QED) is 0.913. The van der Waals surface area contributed by atoms with E-state index in [1.807, 2.05) is 32.9 Å². The Morgan fingerprint density at radius 3 is 2.55 bits per heavy atom. The molecule has 0 radical (unpaired) electrons. The van der Waals surface area contributed by atoms with Gasteiger partial charge in [0.15, 0.2) is 0 Å². The van der Waals surface area contributed by atoms with Crippen LogP contribution in [-0.4, -0.2) is 36.2 Å². The molecule has 122 valence electrons. The van der Waals surface area contributed by atoms with Crippen LogP contribution in [0.3, 0.4) is 0 Å². The van der Waals surface area contributed by atoms with Crippen LogP contribution >= 0.6 is 0 Å². The first-order valence-corrected chi connectivity index (χ1v) is 7.73. The monoisotopic (exact) mass is 308 g/mol. The number of piperidine rings is 1. The van der Waals surface area contributed by atoms with E-state index in [2.05, 4.69) is 0 Å². The van der Waals surface area contributed by atoms with Crippen LogP contribution in [0.5, 0.6) is 0 Å². The third kappa shape index (κ3) is 4.19. The number of benzene rings is 1. The van der Waals surface area contributed by atoms with Gasteiger partial charge in [0, 0.05) is 13.1 Å². The van der Waals surface area contributed by atoms with Crippen molar-refractivity contribution in [3.63, 3.8) is 0 Å². The molecule has 1 heterocycles. The van der Waals surface area contributed by atoms with Crippen LogP contribution in [0.15, 0.2) is 24.3 Å². The Balaban J connectivity index is 2.05. The van der Waals surface area contributed by atoms with Crippen molar-refractivity contribution in [1.29, 1.82) is 0 Å². The van der Waals surface area contributed by atoms with Crippen LogP contribution in [0, 0.1) is 11.7 Å². The van der Waals surface area contributed by atoms with Gasteiger partial charge in [-0.15, -0.1) is 0 Å². The first kappa shape index (κ1) is 16.7. The third-order valence-corrected chi connectivity index (χ3v) is 3.99. The Bertz CT molecular complexity index is 510. The zero-order valence-electron chi connectivity index (χ0n) is 13.5. The molecule has 1 aromatic carbocycles. The Labute approximate surface area is 131 Å². The van der Waals surface area contributed by atoms with Crippen LogP contribution in [0.1, 0.15) is 38.7 Å². The van der Waals surface area contributed by atoms with Crippen LogP contribution in [0.4, 0.5) is 9.18 Å². The maximum absolute atomic E-state index is 13.1. The van der Waals surface area contributed by atoms with Crippen molar-refractivity contribution in [1.82, 2.24) is 4.90 Å². The number of halogens is 1. The molecule has 5 heteroatoms. The number of ether oxygens (including phenoxy) is 1. The number of rotatable bonds is 2. The maximum Gasteiger partial charge on any atom is 0.410 e. The molecule has 2 unspecified atom stereocenters. The third-order valence-electron chi connectivity index (χ3n) is 3.99. The second kappa shape index (κ2) is 6.65. The van der Waals surface area contributed by atoms with Crippen LogP contribution in [0.25, 0.3) is 0 Å². The lowest BCUT2D eigenvalue weighted by Gasteiger charge is -2.38. The average Bonchev–Trinajstić information content (AvgIpc) is 2.45. The highest BCUT2D eigenvalue weighted by Gasteiger charge is 2.33. The van der Waals surface area contributed by atoms with E-state index in [0.717, 1.165) is 12.0 Å². The van der Waals surface area contributed by atoms with Gasteiger partial charge in [-0.25, -0.2) is 9.18 Å². The number of hydrogen-bond acceptors (Lipinski definition) is 3. The number of carbonyl (C=O) groups excluding carboxylic acids is 1. The largest absolute Gasteiger partial charge is 0.444 e. The van der Waals surface area contributed by atoms with E-state index < -0.39 is 5.60 Å². The van der Waals surface area contributed by atoms with Crippen LogP contribution < -0.4 is 5.73 Å². The Morgan fingerprint density at radius 2 is 2.00 bits per heavy atom. The Morgan fingerprint density at radius 1 is 1.36 bits per heavy atom. The fourth-order valence-electron chi connectivity index (χ4n) is 2.91. The van der Waals surface area contributed by atoms with Crippen molar-refractivity contribution in [2.24, 2.45) is 11.7 Å². The van der Waals surface area contributed by atoms with Gasteiger partial charge in [-0.3, -0.25) is 0 Å². The molecular weight excluding hydrogens is 283 g/mol. The van der Waals surface area contributed by atoms with Crippen molar-refractivity contribution < 1.29 is 13.9 Å². The minimum Gasteiger partial charge on any atom is -0.444 e. The van der Waals surface area contributed by atoms with Gasteiger partial charge < -0.3 is 15.4 Å². The number of carbonyl (C=O) groups is 1. The van der Waals surface area contributed by atoms with Gasteiger partial charge in [-0.2, -0.15) is 0 Å². The normalized spacial score (nSPS) is 22.5. The number of nitrogens with two attached hydrogens (primary N) is 1. The fourth-order valence-corrected chi connectivity index (χ4v) is 2.91. The topological polar surface area (TPSA) is 55.6 Å². The summed E-state index contributed by atoms with van der Waals surface area (Å²) in [4.78, 5) is 13.9. The Hall–Kier alpha value is -1.62. The molecule has 0 aromatic heterocycles. The predicted molar refractivity (Wildman–Crippen MR) is 84.1 cm³/mol. The molecule has 4 nitrogen and oxygen atoms in total. The summed E-state index contributed by atoms with van der Waals surface area (Å²) in [6.45, 7) is 7.27. The highest BCUT2D eigenvalue weighted by atomic mass is 19.1. The first-order chi connectivity index (χ1) is 10.3. The maximum atomic E-state index is 13.1. The zero-order valence-corrected chi connectivity index (χ0v) is 13.5. The molecule has 22 heavy (non-hydrogen) atoms. The summed E-state index contributed by atoms with van der Waals surface area (Å²) in [6, 6.07) is 6.57.